The van der Waals surface area contributed by atoms with Crippen LogP contribution < -0.4 is 0 Å². The number of carbonyl (C=O) groups excluding carboxylic acids is 1. The Morgan fingerprint density at radius 3 is 2.46 bits per heavy atom. The molecule has 13 heavy (non-hydrogen) atoms. The first-order valence-corrected chi connectivity index (χ1v) is 4.50. The van der Waals surface area contributed by atoms with Gasteiger partial charge in [0.1, 0.15) is 0 Å². The molecule has 2 heteroatoms. The Morgan fingerprint density at radius 2 is 2.15 bits per heavy atom. The van der Waals surface area contributed by atoms with E-state index in [1.807, 2.05) is 39.0 Å². The van der Waals surface area contributed by atoms with Crippen LogP contribution in [0.5, 0.6) is 0 Å². The molecular weight excluding hydrogens is 164 g/mol. The first-order valence-electron chi connectivity index (χ1n) is 4.50. The highest BCUT2D eigenvalue weighted by atomic mass is 16.5. The number of hydrogen-bond acceptors (Lipinski definition) is 2. The van der Waals surface area contributed by atoms with Gasteiger partial charge in [0.2, 0.25) is 0 Å². The minimum atomic E-state index is -0.784. The van der Waals surface area contributed by atoms with E-state index in [2.05, 4.69) is 0 Å². The molecule has 0 aromatic heterocycles. The van der Waals surface area contributed by atoms with Gasteiger partial charge in [0.15, 0.2) is 11.4 Å². The molecule has 0 aromatic rings. The summed E-state index contributed by atoms with van der Waals surface area (Å²) >= 11 is 0. The average Bonchev–Trinajstić information content (AvgIpc) is 2.46. The van der Waals surface area contributed by atoms with E-state index >= 15 is 0 Å². The zero-order chi connectivity index (χ0) is 10.1. The van der Waals surface area contributed by atoms with E-state index in [0.717, 1.165) is 5.57 Å². The lowest BCUT2D eigenvalue weighted by Crippen LogP contribution is -2.41. The van der Waals surface area contributed by atoms with Gasteiger partial charge in [-0.1, -0.05) is 26.0 Å². The average molecular weight is 180 g/mol. The third-order valence-electron chi connectivity index (χ3n) is 2.48. The van der Waals surface area contributed by atoms with E-state index in [1.165, 1.54) is 0 Å². The molecule has 0 saturated carbocycles. The first kappa shape index (κ1) is 10.2. The van der Waals surface area contributed by atoms with Crippen molar-refractivity contribution in [3.8, 4) is 0 Å². The van der Waals surface area contributed by atoms with Crippen LogP contribution in [0.15, 0.2) is 23.8 Å². The number of ether oxygens (including phenoxy) is 1. The molecule has 0 radical (unpaired) electrons. The standard InChI is InChI=1S/C11H16O2/c1-8(2)10(12)11(13-4)7-5-6-9(11)3/h5-8H,1-4H3. The van der Waals surface area contributed by atoms with Crippen LogP contribution in [0, 0.1) is 5.92 Å². The summed E-state index contributed by atoms with van der Waals surface area (Å²) in [6.45, 7) is 5.70. The van der Waals surface area contributed by atoms with Crippen molar-refractivity contribution in [3.63, 3.8) is 0 Å². The van der Waals surface area contributed by atoms with Gasteiger partial charge >= 0.3 is 0 Å². The molecule has 0 aromatic carbocycles. The predicted molar refractivity (Wildman–Crippen MR) is 52.5 cm³/mol. The van der Waals surface area contributed by atoms with Crippen molar-refractivity contribution >= 4 is 5.78 Å². The van der Waals surface area contributed by atoms with Crippen molar-refractivity contribution in [1.29, 1.82) is 0 Å². The van der Waals surface area contributed by atoms with Crippen LogP contribution in [0.2, 0.25) is 0 Å². The third kappa shape index (κ3) is 1.46. The largest absolute Gasteiger partial charge is 0.362 e. The molecule has 0 bridgehead atoms. The summed E-state index contributed by atoms with van der Waals surface area (Å²) < 4.78 is 5.33. The predicted octanol–water partition coefficient (Wildman–Crippen LogP) is 2.11. The fourth-order valence-electron chi connectivity index (χ4n) is 1.62. The summed E-state index contributed by atoms with van der Waals surface area (Å²) in [6.07, 6.45) is 5.62. The second-order valence-corrected chi connectivity index (χ2v) is 3.67. The van der Waals surface area contributed by atoms with Crippen molar-refractivity contribution in [3.05, 3.63) is 23.8 Å². The molecule has 0 spiro atoms. The van der Waals surface area contributed by atoms with Crippen molar-refractivity contribution in [1.82, 2.24) is 0 Å². The van der Waals surface area contributed by atoms with Crippen LogP contribution in [0.25, 0.3) is 0 Å². The maximum atomic E-state index is 11.9. The summed E-state index contributed by atoms with van der Waals surface area (Å²) in [5.41, 5.74) is 0.183. The van der Waals surface area contributed by atoms with Crippen molar-refractivity contribution < 1.29 is 9.53 Å². The monoisotopic (exact) mass is 180 g/mol. The molecule has 0 heterocycles. The SMILES string of the molecule is COC1(C(=O)C(C)C)C=CC=C1C. The molecule has 0 N–H and O–H groups in total. The van der Waals surface area contributed by atoms with Gasteiger partial charge in [-0.15, -0.1) is 0 Å². The minimum absolute atomic E-state index is 0.00829. The normalized spacial score (nSPS) is 26.7. The third-order valence-corrected chi connectivity index (χ3v) is 2.48. The van der Waals surface area contributed by atoms with Gasteiger partial charge < -0.3 is 4.74 Å². The van der Waals surface area contributed by atoms with E-state index in [4.69, 9.17) is 4.74 Å². The summed E-state index contributed by atoms with van der Waals surface area (Å²) in [5.74, 6) is 0.114. The number of hydrogen-bond donors (Lipinski definition) is 0. The number of Topliss-reactive ketones (excluding diaryl/α,β-unsaturated/α-hetero) is 1. The van der Waals surface area contributed by atoms with E-state index in [-0.39, 0.29) is 11.7 Å². The summed E-state index contributed by atoms with van der Waals surface area (Å²) in [7, 11) is 1.58. The summed E-state index contributed by atoms with van der Waals surface area (Å²) in [4.78, 5) is 11.9. The van der Waals surface area contributed by atoms with Crippen molar-refractivity contribution in [2.75, 3.05) is 7.11 Å². The van der Waals surface area contributed by atoms with Crippen LogP contribution in [-0.4, -0.2) is 18.5 Å². The van der Waals surface area contributed by atoms with Crippen LogP contribution in [-0.2, 0) is 9.53 Å². The number of ketones is 1. The lowest BCUT2D eigenvalue weighted by Gasteiger charge is -2.28. The Kier molecular flexibility index (Phi) is 2.71. The molecule has 72 valence electrons. The van der Waals surface area contributed by atoms with E-state index in [1.54, 1.807) is 7.11 Å². The van der Waals surface area contributed by atoms with Gasteiger partial charge in [-0.05, 0) is 18.6 Å². The quantitative estimate of drug-likeness (QED) is 0.665. The maximum absolute atomic E-state index is 11.9. The fraction of sp³-hybridized carbons (Fsp3) is 0.545. The minimum Gasteiger partial charge on any atom is -0.362 e. The zero-order valence-electron chi connectivity index (χ0n) is 8.63. The van der Waals surface area contributed by atoms with Crippen molar-refractivity contribution in [2.45, 2.75) is 26.4 Å². The Labute approximate surface area is 79.3 Å². The Bertz CT molecular complexity index is 274. The lowest BCUT2D eigenvalue weighted by atomic mass is 9.87. The molecule has 0 amide bonds. The Hall–Kier alpha value is -0.890. The molecular formula is C11H16O2. The number of rotatable bonds is 3. The maximum Gasteiger partial charge on any atom is 0.175 e. The highest BCUT2D eigenvalue weighted by molar-refractivity contribution is 5.95. The van der Waals surface area contributed by atoms with Crippen LogP contribution in [0.4, 0.5) is 0 Å². The zero-order valence-corrected chi connectivity index (χ0v) is 8.63. The molecule has 1 atom stereocenters. The molecule has 1 aliphatic rings. The van der Waals surface area contributed by atoms with Gasteiger partial charge in [0.25, 0.3) is 0 Å². The number of carbonyl (C=O) groups is 1. The number of allylic oxidation sites excluding steroid dienone is 2. The van der Waals surface area contributed by atoms with Crippen molar-refractivity contribution in [2.24, 2.45) is 5.92 Å². The molecule has 0 saturated heterocycles. The smallest absolute Gasteiger partial charge is 0.175 e. The molecule has 1 rings (SSSR count). The highest BCUT2D eigenvalue weighted by Crippen LogP contribution is 2.31. The van der Waals surface area contributed by atoms with Gasteiger partial charge in [-0.3, -0.25) is 4.79 Å². The van der Waals surface area contributed by atoms with Crippen LogP contribution in [0.3, 0.4) is 0 Å². The molecule has 1 unspecified atom stereocenters. The van der Waals surface area contributed by atoms with Gasteiger partial charge in [0, 0.05) is 13.0 Å². The highest BCUT2D eigenvalue weighted by Gasteiger charge is 2.40. The first-order chi connectivity index (χ1) is 6.04. The fourth-order valence-corrected chi connectivity index (χ4v) is 1.62. The van der Waals surface area contributed by atoms with E-state index in [0.29, 0.717) is 0 Å². The molecule has 0 fully saturated rings. The second kappa shape index (κ2) is 3.46. The van der Waals surface area contributed by atoms with Crippen LogP contribution in [0.1, 0.15) is 20.8 Å². The molecule has 0 aliphatic heterocycles. The lowest BCUT2D eigenvalue weighted by molar-refractivity contribution is -0.135. The molecule has 1 aliphatic carbocycles. The Balaban J connectivity index is 3.02. The topological polar surface area (TPSA) is 26.3 Å². The van der Waals surface area contributed by atoms with E-state index in [9.17, 15) is 4.79 Å². The second-order valence-electron chi connectivity index (χ2n) is 3.67. The van der Waals surface area contributed by atoms with Gasteiger partial charge in [-0.2, -0.15) is 0 Å². The van der Waals surface area contributed by atoms with Crippen LogP contribution >= 0.6 is 0 Å². The number of methoxy groups -OCH3 is 1. The Morgan fingerprint density at radius 1 is 1.54 bits per heavy atom. The van der Waals surface area contributed by atoms with Gasteiger partial charge in [0.05, 0.1) is 0 Å². The molecule has 2 nitrogen and oxygen atoms in total. The summed E-state index contributed by atoms with van der Waals surface area (Å²) in [6, 6.07) is 0. The van der Waals surface area contributed by atoms with E-state index < -0.39 is 5.60 Å². The summed E-state index contributed by atoms with van der Waals surface area (Å²) in [5, 5.41) is 0. The van der Waals surface area contributed by atoms with Gasteiger partial charge in [-0.25, -0.2) is 0 Å².